The number of hydrazine groups is 1. The molecule has 0 radical (unpaired) electrons. The maximum absolute atomic E-state index is 12.9. The molecule has 0 unspecified atom stereocenters. The number of nitrogens with zero attached hydrogens (tertiary/aromatic N) is 2. The van der Waals surface area contributed by atoms with Crippen LogP contribution in [-0.4, -0.2) is 58.8 Å². The highest BCUT2D eigenvalue weighted by Gasteiger charge is 2.46. The van der Waals surface area contributed by atoms with Crippen LogP contribution in [0.1, 0.15) is 32.8 Å². The molecule has 0 saturated carbocycles. The number of carbonyl (C=O) groups is 3. The van der Waals surface area contributed by atoms with E-state index >= 15 is 0 Å². The van der Waals surface area contributed by atoms with Gasteiger partial charge in [0.2, 0.25) is 0 Å². The van der Waals surface area contributed by atoms with E-state index in [9.17, 15) is 14.4 Å². The first-order valence-electron chi connectivity index (χ1n) is 9.04. The number of carbonyl (C=O) groups excluding carboxylic acids is 3. The van der Waals surface area contributed by atoms with Crippen molar-refractivity contribution in [2.75, 3.05) is 13.2 Å². The van der Waals surface area contributed by atoms with Crippen molar-refractivity contribution in [2.24, 2.45) is 0 Å². The standard InChI is InChI=1S/C19H25N3O5/c1-19(2,3)27-17(24)20-21-10-9-15(21)16(23)22-14(12-26-18(22)25)11-13-7-5-4-6-8-13/h4-8,14-15H,9-12H2,1-3H3,(H,20,24)/t14-,15-/m0/s1. The second-order valence-electron chi connectivity index (χ2n) is 7.74. The molecule has 0 aliphatic carbocycles. The average Bonchev–Trinajstić information content (AvgIpc) is 2.91. The molecule has 1 N–H and O–H groups in total. The van der Waals surface area contributed by atoms with Crippen LogP contribution in [0.4, 0.5) is 9.59 Å². The molecule has 0 spiro atoms. The van der Waals surface area contributed by atoms with Crippen LogP contribution in [0.15, 0.2) is 30.3 Å². The zero-order valence-electron chi connectivity index (χ0n) is 15.8. The first kappa shape index (κ1) is 19.2. The van der Waals surface area contributed by atoms with Crippen molar-refractivity contribution in [3.8, 4) is 0 Å². The van der Waals surface area contributed by atoms with E-state index < -0.39 is 23.8 Å². The fraction of sp³-hybridized carbons (Fsp3) is 0.526. The summed E-state index contributed by atoms with van der Waals surface area (Å²) in [5, 5.41) is 1.50. The van der Waals surface area contributed by atoms with Crippen molar-refractivity contribution in [1.82, 2.24) is 15.3 Å². The molecule has 0 aromatic heterocycles. The lowest BCUT2D eigenvalue weighted by atomic mass is 10.0. The minimum atomic E-state index is -0.634. The van der Waals surface area contributed by atoms with Crippen LogP contribution in [0.5, 0.6) is 0 Å². The van der Waals surface area contributed by atoms with Crippen LogP contribution < -0.4 is 5.43 Å². The molecular weight excluding hydrogens is 350 g/mol. The zero-order chi connectivity index (χ0) is 19.6. The number of hydrogen-bond donors (Lipinski definition) is 1. The fourth-order valence-electron chi connectivity index (χ4n) is 3.12. The predicted octanol–water partition coefficient (Wildman–Crippen LogP) is 2.09. The Balaban J connectivity index is 1.63. The lowest BCUT2D eigenvalue weighted by Crippen LogP contribution is -2.64. The number of rotatable bonds is 4. The van der Waals surface area contributed by atoms with Gasteiger partial charge in [0.15, 0.2) is 0 Å². The third kappa shape index (κ3) is 4.57. The van der Waals surface area contributed by atoms with Crippen LogP contribution in [-0.2, 0) is 20.7 Å². The number of amides is 3. The van der Waals surface area contributed by atoms with Gasteiger partial charge in [0.05, 0.1) is 6.04 Å². The summed E-state index contributed by atoms with van der Waals surface area (Å²) in [6, 6.07) is 8.70. The normalized spacial score (nSPS) is 22.8. The van der Waals surface area contributed by atoms with Gasteiger partial charge in [-0.2, -0.15) is 0 Å². The van der Waals surface area contributed by atoms with Gasteiger partial charge >= 0.3 is 12.2 Å². The van der Waals surface area contributed by atoms with Gasteiger partial charge in [0.25, 0.3) is 5.91 Å². The van der Waals surface area contributed by atoms with Crippen molar-refractivity contribution in [2.45, 2.75) is 51.3 Å². The Morgan fingerprint density at radius 3 is 2.56 bits per heavy atom. The Morgan fingerprint density at radius 1 is 1.26 bits per heavy atom. The zero-order valence-corrected chi connectivity index (χ0v) is 15.8. The highest BCUT2D eigenvalue weighted by atomic mass is 16.6. The SMILES string of the molecule is CC(C)(C)OC(=O)NN1CC[C@H]1C(=O)N1C(=O)OC[C@@H]1Cc1ccccc1. The number of imide groups is 1. The Hall–Kier alpha value is -2.61. The minimum absolute atomic E-state index is 0.172. The third-order valence-electron chi connectivity index (χ3n) is 4.45. The van der Waals surface area contributed by atoms with Crippen LogP contribution in [0.25, 0.3) is 0 Å². The molecule has 2 aliphatic rings. The molecular formula is C19H25N3O5. The summed E-state index contributed by atoms with van der Waals surface area (Å²) in [5.41, 5.74) is 2.97. The molecule has 2 heterocycles. The fourth-order valence-corrected chi connectivity index (χ4v) is 3.12. The number of benzene rings is 1. The summed E-state index contributed by atoms with van der Waals surface area (Å²) in [7, 11) is 0. The number of ether oxygens (including phenoxy) is 2. The maximum Gasteiger partial charge on any atom is 0.422 e. The lowest BCUT2D eigenvalue weighted by Gasteiger charge is -2.41. The lowest BCUT2D eigenvalue weighted by molar-refractivity contribution is -0.141. The van der Waals surface area contributed by atoms with Gasteiger partial charge in [-0.1, -0.05) is 30.3 Å². The van der Waals surface area contributed by atoms with Gasteiger partial charge in [0.1, 0.15) is 18.2 Å². The molecule has 3 rings (SSSR count). The minimum Gasteiger partial charge on any atom is -0.447 e. The van der Waals surface area contributed by atoms with E-state index in [1.807, 2.05) is 30.3 Å². The predicted molar refractivity (Wildman–Crippen MR) is 96.6 cm³/mol. The van der Waals surface area contributed by atoms with E-state index in [-0.39, 0.29) is 18.6 Å². The molecule has 1 aromatic rings. The van der Waals surface area contributed by atoms with Crippen molar-refractivity contribution in [1.29, 1.82) is 0 Å². The highest BCUT2D eigenvalue weighted by molar-refractivity contribution is 5.97. The second-order valence-corrected chi connectivity index (χ2v) is 7.74. The summed E-state index contributed by atoms with van der Waals surface area (Å²) < 4.78 is 10.3. The van der Waals surface area contributed by atoms with Crippen LogP contribution in [0.3, 0.4) is 0 Å². The van der Waals surface area contributed by atoms with Crippen LogP contribution >= 0.6 is 0 Å². The summed E-state index contributed by atoms with van der Waals surface area (Å²) >= 11 is 0. The Morgan fingerprint density at radius 2 is 1.96 bits per heavy atom. The number of hydrogen-bond acceptors (Lipinski definition) is 6. The maximum atomic E-state index is 12.9. The Bertz CT molecular complexity index is 716. The summed E-state index contributed by atoms with van der Waals surface area (Å²) in [6.07, 6.45) is -0.170. The first-order chi connectivity index (χ1) is 12.7. The molecule has 8 heteroatoms. The molecule has 0 bridgehead atoms. The van der Waals surface area contributed by atoms with Gasteiger partial charge in [-0.15, -0.1) is 0 Å². The van der Waals surface area contributed by atoms with E-state index in [2.05, 4.69) is 5.43 Å². The summed E-state index contributed by atoms with van der Waals surface area (Å²) in [6.45, 7) is 5.98. The van der Waals surface area contributed by atoms with E-state index in [1.54, 1.807) is 20.8 Å². The van der Waals surface area contributed by atoms with E-state index in [0.29, 0.717) is 19.4 Å². The van der Waals surface area contributed by atoms with Gasteiger partial charge in [-0.25, -0.2) is 19.5 Å². The van der Waals surface area contributed by atoms with Crippen LogP contribution in [0, 0.1) is 0 Å². The Labute approximate surface area is 158 Å². The van der Waals surface area contributed by atoms with Gasteiger partial charge in [-0.05, 0) is 39.2 Å². The molecule has 27 heavy (non-hydrogen) atoms. The van der Waals surface area contributed by atoms with Gasteiger partial charge in [-0.3, -0.25) is 10.2 Å². The van der Waals surface area contributed by atoms with Crippen molar-refractivity contribution in [3.05, 3.63) is 35.9 Å². The molecule has 3 amide bonds. The van der Waals surface area contributed by atoms with E-state index in [0.717, 1.165) is 5.56 Å². The third-order valence-corrected chi connectivity index (χ3v) is 4.45. The second kappa shape index (κ2) is 7.56. The number of nitrogens with one attached hydrogen (secondary N) is 1. The highest BCUT2D eigenvalue weighted by Crippen LogP contribution is 2.24. The average molecular weight is 375 g/mol. The molecule has 8 nitrogen and oxygen atoms in total. The summed E-state index contributed by atoms with van der Waals surface area (Å²) in [4.78, 5) is 38.1. The summed E-state index contributed by atoms with van der Waals surface area (Å²) in [5.74, 6) is -0.360. The smallest absolute Gasteiger partial charge is 0.422 e. The van der Waals surface area contributed by atoms with E-state index in [4.69, 9.17) is 9.47 Å². The van der Waals surface area contributed by atoms with Crippen molar-refractivity contribution >= 4 is 18.1 Å². The van der Waals surface area contributed by atoms with Crippen molar-refractivity contribution in [3.63, 3.8) is 0 Å². The molecule has 2 fully saturated rings. The van der Waals surface area contributed by atoms with Crippen molar-refractivity contribution < 1.29 is 23.9 Å². The van der Waals surface area contributed by atoms with E-state index in [1.165, 1.54) is 9.91 Å². The van der Waals surface area contributed by atoms with Gasteiger partial charge < -0.3 is 9.47 Å². The molecule has 2 aliphatic heterocycles. The van der Waals surface area contributed by atoms with Gasteiger partial charge in [0, 0.05) is 6.54 Å². The molecule has 2 saturated heterocycles. The largest absolute Gasteiger partial charge is 0.447 e. The first-order valence-corrected chi connectivity index (χ1v) is 9.04. The van der Waals surface area contributed by atoms with Crippen LogP contribution in [0.2, 0.25) is 0 Å². The molecule has 1 aromatic carbocycles. The quantitative estimate of drug-likeness (QED) is 0.867. The molecule has 146 valence electrons. The topological polar surface area (TPSA) is 88.2 Å². The molecule has 2 atom stereocenters. The number of cyclic esters (lactones) is 1. The Kier molecular flexibility index (Phi) is 5.36. The monoisotopic (exact) mass is 375 g/mol.